The summed E-state index contributed by atoms with van der Waals surface area (Å²) in [6, 6.07) is 13.2. The standard InChI is InChI=1S/C22H25NO3/c1-22(2,3)17-11-16-18(24)12-19(26-20(16)13-21(17)25-6)14-7-9-15(10-8-14)23(4)5/h7-13H,1-6H3. The van der Waals surface area contributed by atoms with Gasteiger partial charge >= 0.3 is 0 Å². The molecule has 0 bridgehead atoms. The minimum atomic E-state index is -0.132. The number of hydrogen-bond donors (Lipinski definition) is 0. The van der Waals surface area contributed by atoms with E-state index < -0.39 is 0 Å². The largest absolute Gasteiger partial charge is 0.496 e. The Morgan fingerprint density at radius 2 is 1.65 bits per heavy atom. The quantitative estimate of drug-likeness (QED) is 0.678. The molecule has 0 fully saturated rings. The predicted octanol–water partition coefficient (Wildman–Crippen LogP) is 4.83. The summed E-state index contributed by atoms with van der Waals surface area (Å²) in [5, 5.41) is 0.574. The van der Waals surface area contributed by atoms with Crippen LogP contribution in [0.25, 0.3) is 22.3 Å². The molecule has 0 aliphatic carbocycles. The molecule has 0 N–H and O–H groups in total. The number of anilines is 1. The molecule has 136 valence electrons. The summed E-state index contributed by atoms with van der Waals surface area (Å²) in [5.74, 6) is 1.28. The van der Waals surface area contributed by atoms with Crippen LogP contribution in [0.4, 0.5) is 5.69 Å². The molecule has 1 heterocycles. The highest BCUT2D eigenvalue weighted by Crippen LogP contribution is 2.35. The maximum Gasteiger partial charge on any atom is 0.193 e. The molecule has 4 heteroatoms. The number of hydrogen-bond acceptors (Lipinski definition) is 4. The maximum absolute atomic E-state index is 12.7. The molecule has 0 saturated carbocycles. The number of nitrogens with zero attached hydrogens (tertiary/aromatic N) is 1. The van der Waals surface area contributed by atoms with Gasteiger partial charge in [-0.3, -0.25) is 4.79 Å². The van der Waals surface area contributed by atoms with E-state index in [0.717, 1.165) is 22.6 Å². The third-order valence-electron chi connectivity index (χ3n) is 4.53. The van der Waals surface area contributed by atoms with Crippen LogP contribution in [0.1, 0.15) is 26.3 Å². The number of methoxy groups -OCH3 is 1. The normalized spacial score (nSPS) is 11.6. The van der Waals surface area contributed by atoms with Crippen molar-refractivity contribution in [3.63, 3.8) is 0 Å². The van der Waals surface area contributed by atoms with Gasteiger partial charge in [0.05, 0.1) is 12.5 Å². The fourth-order valence-electron chi connectivity index (χ4n) is 3.00. The zero-order valence-corrected chi connectivity index (χ0v) is 16.2. The van der Waals surface area contributed by atoms with Crippen LogP contribution >= 0.6 is 0 Å². The second kappa shape index (κ2) is 6.52. The van der Waals surface area contributed by atoms with Crippen molar-refractivity contribution in [2.75, 3.05) is 26.1 Å². The zero-order valence-electron chi connectivity index (χ0n) is 16.2. The molecule has 3 aromatic rings. The van der Waals surface area contributed by atoms with E-state index in [1.807, 2.05) is 55.4 Å². The van der Waals surface area contributed by atoms with Crippen LogP contribution in [0.3, 0.4) is 0 Å². The average molecular weight is 351 g/mol. The van der Waals surface area contributed by atoms with E-state index in [9.17, 15) is 4.79 Å². The Balaban J connectivity index is 2.17. The van der Waals surface area contributed by atoms with Gasteiger partial charge < -0.3 is 14.1 Å². The summed E-state index contributed by atoms with van der Waals surface area (Å²) in [7, 11) is 5.62. The molecule has 0 spiro atoms. The van der Waals surface area contributed by atoms with Gasteiger partial charge in [0, 0.05) is 43.0 Å². The highest BCUT2D eigenvalue weighted by molar-refractivity contribution is 5.82. The summed E-state index contributed by atoms with van der Waals surface area (Å²) >= 11 is 0. The van der Waals surface area contributed by atoms with Gasteiger partial charge in [0.15, 0.2) is 5.43 Å². The van der Waals surface area contributed by atoms with E-state index in [1.165, 1.54) is 0 Å². The summed E-state index contributed by atoms with van der Waals surface area (Å²) in [6.45, 7) is 6.29. The van der Waals surface area contributed by atoms with Crippen molar-refractivity contribution in [1.82, 2.24) is 0 Å². The Morgan fingerprint density at radius 1 is 1.00 bits per heavy atom. The van der Waals surface area contributed by atoms with Crippen LogP contribution < -0.4 is 15.1 Å². The molecular formula is C22H25NO3. The first-order valence-electron chi connectivity index (χ1n) is 8.65. The summed E-state index contributed by atoms with van der Waals surface area (Å²) in [4.78, 5) is 14.7. The molecule has 0 aliphatic heterocycles. The van der Waals surface area contributed by atoms with E-state index in [0.29, 0.717) is 16.7 Å². The first kappa shape index (κ1) is 18.1. The van der Waals surface area contributed by atoms with Crippen LogP contribution in [0.15, 0.2) is 51.7 Å². The maximum atomic E-state index is 12.7. The van der Waals surface area contributed by atoms with Crippen LogP contribution in [-0.4, -0.2) is 21.2 Å². The molecule has 0 radical (unpaired) electrons. The average Bonchev–Trinajstić information content (AvgIpc) is 2.59. The van der Waals surface area contributed by atoms with Gasteiger partial charge in [-0.25, -0.2) is 0 Å². The van der Waals surface area contributed by atoms with Crippen LogP contribution in [0.5, 0.6) is 5.75 Å². The lowest BCUT2D eigenvalue weighted by atomic mass is 9.85. The summed E-state index contributed by atoms with van der Waals surface area (Å²) in [5.41, 5.74) is 3.30. The molecule has 1 aromatic heterocycles. The van der Waals surface area contributed by atoms with Crippen LogP contribution in [0.2, 0.25) is 0 Å². The van der Waals surface area contributed by atoms with Crippen molar-refractivity contribution in [2.24, 2.45) is 0 Å². The lowest BCUT2D eigenvalue weighted by Gasteiger charge is -2.22. The van der Waals surface area contributed by atoms with Gasteiger partial charge in [0.2, 0.25) is 0 Å². The molecule has 26 heavy (non-hydrogen) atoms. The van der Waals surface area contributed by atoms with Gasteiger partial charge in [-0.15, -0.1) is 0 Å². The van der Waals surface area contributed by atoms with Gasteiger partial charge in [0.1, 0.15) is 17.1 Å². The van der Waals surface area contributed by atoms with Crippen molar-refractivity contribution in [1.29, 1.82) is 0 Å². The monoisotopic (exact) mass is 351 g/mol. The fraction of sp³-hybridized carbons (Fsp3) is 0.318. The van der Waals surface area contributed by atoms with E-state index in [-0.39, 0.29) is 10.8 Å². The van der Waals surface area contributed by atoms with Gasteiger partial charge in [-0.1, -0.05) is 20.8 Å². The third kappa shape index (κ3) is 3.32. The Bertz CT molecular complexity index is 993. The number of benzene rings is 2. The van der Waals surface area contributed by atoms with Gasteiger partial charge in [-0.2, -0.15) is 0 Å². The predicted molar refractivity (Wildman–Crippen MR) is 107 cm³/mol. The van der Waals surface area contributed by atoms with Gasteiger partial charge in [0.25, 0.3) is 0 Å². The molecule has 0 saturated heterocycles. The SMILES string of the molecule is COc1cc2oc(-c3ccc(N(C)C)cc3)cc(=O)c2cc1C(C)(C)C. The van der Waals surface area contributed by atoms with E-state index in [4.69, 9.17) is 9.15 Å². The van der Waals surface area contributed by atoms with Crippen molar-refractivity contribution in [3.05, 3.63) is 58.3 Å². The van der Waals surface area contributed by atoms with Crippen molar-refractivity contribution in [2.45, 2.75) is 26.2 Å². The van der Waals surface area contributed by atoms with Crippen LogP contribution in [-0.2, 0) is 5.41 Å². The highest BCUT2D eigenvalue weighted by atomic mass is 16.5. The van der Waals surface area contributed by atoms with E-state index in [1.54, 1.807) is 13.2 Å². The minimum Gasteiger partial charge on any atom is -0.496 e. The molecule has 3 rings (SSSR count). The molecule has 2 aromatic carbocycles. The molecule has 0 unspecified atom stereocenters. The van der Waals surface area contributed by atoms with Crippen molar-refractivity contribution in [3.8, 4) is 17.1 Å². The van der Waals surface area contributed by atoms with Crippen LogP contribution in [0, 0.1) is 0 Å². The Morgan fingerprint density at radius 3 is 2.19 bits per heavy atom. The molecule has 4 nitrogen and oxygen atoms in total. The third-order valence-corrected chi connectivity index (χ3v) is 4.53. The van der Waals surface area contributed by atoms with Crippen molar-refractivity contribution >= 4 is 16.7 Å². The lowest BCUT2D eigenvalue weighted by Crippen LogP contribution is -2.14. The molecular weight excluding hydrogens is 326 g/mol. The minimum absolute atomic E-state index is 0.0499. The number of ether oxygens (including phenoxy) is 1. The van der Waals surface area contributed by atoms with E-state index >= 15 is 0 Å². The first-order valence-corrected chi connectivity index (χ1v) is 8.65. The molecule has 0 aliphatic rings. The Labute approximate surface area is 154 Å². The topological polar surface area (TPSA) is 42.7 Å². The summed E-state index contributed by atoms with van der Waals surface area (Å²) < 4.78 is 11.6. The Kier molecular flexibility index (Phi) is 4.53. The Hall–Kier alpha value is -2.75. The first-order chi connectivity index (χ1) is 12.2. The smallest absolute Gasteiger partial charge is 0.193 e. The zero-order chi connectivity index (χ0) is 19.1. The second-order valence-electron chi connectivity index (χ2n) is 7.71. The second-order valence-corrected chi connectivity index (χ2v) is 7.71. The summed E-state index contributed by atoms with van der Waals surface area (Å²) in [6.07, 6.45) is 0. The van der Waals surface area contributed by atoms with Gasteiger partial charge in [-0.05, 0) is 35.7 Å². The lowest BCUT2D eigenvalue weighted by molar-refractivity contribution is 0.397. The number of rotatable bonds is 3. The highest BCUT2D eigenvalue weighted by Gasteiger charge is 2.21. The fourth-order valence-corrected chi connectivity index (χ4v) is 3.00. The van der Waals surface area contributed by atoms with E-state index in [2.05, 4.69) is 20.8 Å². The number of fused-ring (bicyclic) bond motifs is 1. The molecule has 0 amide bonds. The molecule has 0 atom stereocenters. The van der Waals surface area contributed by atoms with Crippen molar-refractivity contribution < 1.29 is 9.15 Å².